The van der Waals surface area contributed by atoms with E-state index in [1.54, 1.807) is 11.1 Å². The average molecular weight is 277 g/mol. The molecule has 110 valence electrons. The summed E-state index contributed by atoms with van der Waals surface area (Å²) in [6, 6.07) is 3.98. The highest BCUT2D eigenvalue weighted by molar-refractivity contribution is 5.69. The van der Waals surface area contributed by atoms with Gasteiger partial charge in [-0.3, -0.25) is 4.98 Å². The fourth-order valence-electron chi connectivity index (χ4n) is 2.10. The van der Waals surface area contributed by atoms with Crippen LogP contribution < -0.4 is 5.32 Å². The number of carbonyl (C=O) groups is 1. The number of nitrogens with one attached hydrogen (secondary N) is 1. The summed E-state index contributed by atoms with van der Waals surface area (Å²) in [5.74, 6) is 0.513. The maximum absolute atomic E-state index is 11.8. The summed E-state index contributed by atoms with van der Waals surface area (Å²) in [5.41, 5.74) is 0.761. The van der Waals surface area contributed by atoms with E-state index in [-0.39, 0.29) is 6.09 Å². The second kappa shape index (κ2) is 6.22. The first-order valence-electron chi connectivity index (χ1n) is 7.01. The fourth-order valence-corrected chi connectivity index (χ4v) is 2.10. The Morgan fingerprint density at radius 2 is 2.25 bits per heavy atom. The number of amides is 1. The maximum atomic E-state index is 11.8. The minimum absolute atomic E-state index is 0.207. The van der Waals surface area contributed by atoms with E-state index in [4.69, 9.17) is 4.74 Å². The summed E-state index contributed by atoms with van der Waals surface area (Å²) in [6.07, 6.45) is 3.43. The third kappa shape index (κ3) is 4.49. The average Bonchev–Trinajstić information content (AvgIpc) is 2.31. The van der Waals surface area contributed by atoms with E-state index >= 15 is 0 Å². The van der Waals surface area contributed by atoms with Gasteiger partial charge in [0, 0.05) is 44.5 Å². The van der Waals surface area contributed by atoms with E-state index in [1.807, 2.05) is 39.1 Å². The van der Waals surface area contributed by atoms with Gasteiger partial charge in [-0.1, -0.05) is 6.07 Å². The van der Waals surface area contributed by atoms with Crippen molar-refractivity contribution in [2.24, 2.45) is 5.92 Å². The number of likely N-dealkylation sites (tertiary alicyclic amines) is 1. The van der Waals surface area contributed by atoms with Crippen molar-refractivity contribution >= 4 is 6.09 Å². The highest BCUT2D eigenvalue weighted by atomic mass is 16.6. The number of carbonyl (C=O) groups excluding carboxylic acids is 1. The number of aromatic nitrogens is 1. The minimum atomic E-state index is -0.416. The Morgan fingerprint density at radius 1 is 1.50 bits per heavy atom. The van der Waals surface area contributed by atoms with Crippen LogP contribution in [0.4, 0.5) is 4.79 Å². The summed E-state index contributed by atoms with van der Waals surface area (Å²) >= 11 is 0. The molecule has 1 aliphatic rings. The Bertz CT molecular complexity index is 436. The molecule has 2 heterocycles. The summed E-state index contributed by atoms with van der Waals surface area (Å²) < 4.78 is 5.32. The van der Waals surface area contributed by atoms with E-state index in [9.17, 15) is 4.79 Å². The highest BCUT2D eigenvalue weighted by Gasteiger charge is 2.33. The van der Waals surface area contributed by atoms with Gasteiger partial charge >= 0.3 is 6.09 Å². The molecule has 0 bridgehead atoms. The molecule has 1 N–H and O–H groups in total. The van der Waals surface area contributed by atoms with Crippen molar-refractivity contribution in [1.82, 2.24) is 15.2 Å². The van der Waals surface area contributed by atoms with Gasteiger partial charge in [-0.2, -0.15) is 0 Å². The predicted molar refractivity (Wildman–Crippen MR) is 77.2 cm³/mol. The second-order valence-corrected chi connectivity index (χ2v) is 6.24. The van der Waals surface area contributed by atoms with Crippen LogP contribution in [-0.2, 0) is 11.3 Å². The van der Waals surface area contributed by atoms with Crippen LogP contribution in [0.5, 0.6) is 0 Å². The zero-order valence-electron chi connectivity index (χ0n) is 12.4. The van der Waals surface area contributed by atoms with Crippen molar-refractivity contribution in [1.29, 1.82) is 0 Å². The van der Waals surface area contributed by atoms with E-state index in [1.165, 1.54) is 5.56 Å². The molecule has 1 amide bonds. The van der Waals surface area contributed by atoms with Crippen molar-refractivity contribution < 1.29 is 9.53 Å². The van der Waals surface area contributed by atoms with Crippen LogP contribution in [0.2, 0.25) is 0 Å². The molecule has 1 aromatic rings. The van der Waals surface area contributed by atoms with Crippen LogP contribution in [0, 0.1) is 5.92 Å². The SMILES string of the molecule is CC(C)(C)OC(=O)N1CC(CNCc2cccnc2)C1. The molecule has 0 unspecified atom stereocenters. The lowest BCUT2D eigenvalue weighted by molar-refractivity contribution is -0.000798. The third-order valence-corrected chi connectivity index (χ3v) is 3.09. The van der Waals surface area contributed by atoms with Crippen LogP contribution in [0.3, 0.4) is 0 Å². The zero-order chi connectivity index (χ0) is 14.6. The number of pyridine rings is 1. The van der Waals surface area contributed by atoms with Gasteiger partial charge in [0.1, 0.15) is 5.60 Å². The van der Waals surface area contributed by atoms with Crippen LogP contribution in [0.25, 0.3) is 0 Å². The molecule has 0 aliphatic carbocycles. The number of ether oxygens (including phenoxy) is 1. The molecule has 1 aromatic heterocycles. The molecular formula is C15H23N3O2. The lowest BCUT2D eigenvalue weighted by atomic mass is 10.0. The Hall–Kier alpha value is -1.62. The minimum Gasteiger partial charge on any atom is -0.444 e. The number of hydrogen-bond donors (Lipinski definition) is 1. The van der Waals surface area contributed by atoms with Crippen molar-refractivity contribution in [3.05, 3.63) is 30.1 Å². The first-order valence-corrected chi connectivity index (χ1v) is 7.01. The molecule has 0 atom stereocenters. The molecule has 1 saturated heterocycles. The monoisotopic (exact) mass is 277 g/mol. The van der Waals surface area contributed by atoms with Crippen LogP contribution >= 0.6 is 0 Å². The molecular weight excluding hydrogens is 254 g/mol. The van der Waals surface area contributed by atoms with Gasteiger partial charge in [0.25, 0.3) is 0 Å². The molecule has 2 rings (SSSR count). The van der Waals surface area contributed by atoms with E-state index in [2.05, 4.69) is 10.3 Å². The van der Waals surface area contributed by atoms with Crippen molar-refractivity contribution in [2.75, 3.05) is 19.6 Å². The Morgan fingerprint density at radius 3 is 2.85 bits per heavy atom. The van der Waals surface area contributed by atoms with E-state index < -0.39 is 5.60 Å². The number of rotatable bonds is 4. The van der Waals surface area contributed by atoms with Crippen molar-refractivity contribution in [3.8, 4) is 0 Å². The lowest BCUT2D eigenvalue weighted by Gasteiger charge is -2.39. The molecule has 0 aromatic carbocycles. The second-order valence-electron chi connectivity index (χ2n) is 6.24. The quantitative estimate of drug-likeness (QED) is 0.915. The highest BCUT2D eigenvalue weighted by Crippen LogP contribution is 2.18. The lowest BCUT2D eigenvalue weighted by Crippen LogP contribution is -2.54. The standard InChI is InChI=1S/C15H23N3O2/c1-15(2,3)20-14(19)18-10-13(11-18)9-17-8-12-5-4-6-16-7-12/h4-7,13,17H,8-11H2,1-3H3. The van der Waals surface area contributed by atoms with Gasteiger partial charge in [-0.05, 0) is 32.4 Å². The molecule has 0 radical (unpaired) electrons. The van der Waals surface area contributed by atoms with Crippen molar-refractivity contribution in [2.45, 2.75) is 32.9 Å². The van der Waals surface area contributed by atoms with Crippen molar-refractivity contribution in [3.63, 3.8) is 0 Å². The first-order chi connectivity index (χ1) is 9.44. The molecule has 5 nitrogen and oxygen atoms in total. The summed E-state index contributed by atoms with van der Waals surface area (Å²) in [5, 5.41) is 3.39. The molecule has 5 heteroatoms. The molecule has 1 fully saturated rings. The molecule has 20 heavy (non-hydrogen) atoms. The Kier molecular flexibility index (Phi) is 4.60. The van der Waals surface area contributed by atoms with Gasteiger partial charge in [-0.25, -0.2) is 4.79 Å². The Balaban J connectivity index is 1.61. The summed E-state index contributed by atoms with van der Waals surface area (Å²) in [7, 11) is 0. The van der Waals surface area contributed by atoms with Gasteiger partial charge in [0.2, 0.25) is 0 Å². The van der Waals surface area contributed by atoms with E-state index in [0.717, 1.165) is 26.2 Å². The van der Waals surface area contributed by atoms with Gasteiger partial charge in [0.05, 0.1) is 0 Å². The van der Waals surface area contributed by atoms with Gasteiger partial charge < -0.3 is 15.0 Å². The fraction of sp³-hybridized carbons (Fsp3) is 0.600. The largest absolute Gasteiger partial charge is 0.444 e. The molecule has 1 aliphatic heterocycles. The topological polar surface area (TPSA) is 54.5 Å². The van der Waals surface area contributed by atoms with Crippen LogP contribution in [0.15, 0.2) is 24.5 Å². The maximum Gasteiger partial charge on any atom is 0.410 e. The van der Waals surface area contributed by atoms with Gasteiger partial charge in [-0.15, -0.1) is 0 Å². The van der Waals surface area contributed by atoms with Gasteiger partial charge in [0.15, 0.2) is 0 Å². The van der Waals surface area contributed by atoms with Crippen LogP contribution in [0.1, 0.15) is 26.3 Å². The summed E-state index contributed by atoms with van der Waals surface area (Å²) in [6.45, 7) is 8.93. The molecule has 0 saturated carbocycles. The Labute approximate surface area is 120 Å². The predicted octanol–water partition coefficient (Wildman–Crippen LogP) is 2.04. The summed E-state index contributed by atoms with van der Waals surface area (Å²) in [4.78, 5) is 17.6. The smallest absolute Gasteiger partial charge is 0.410 e. The normalized spacial score (nSPS) is 15.8. The molecule has 0 spiro atoms. The first kappa shape index (κ1) is 14.8. The number of hydrogen-bond acceptors (Lipinski definition) is 4. The zero-order valence-corrected chi connectivity index (χ0v) is 12.4. The third-order valence-electron chi connectivity index (χ3n) is 3.09. The number of nitrogens with zero attached hydrogens (tertiary/aromatic N) is 2. The van der Waals surface area contributed by atoms with E-state index in [0.29, 0.717) is 5.92 Å². The van der Waals surface area contributed by atoms with Crippen LogP contribution in [-0.4, -0.2) is 41.2 Å².